The molecule has 0 radical (unpaired) electrons. The third kappa shape index (κ3) is 4.80. The fourth-order valence-corrected chi connectivity index (χ4v) is 2.40. The Hall–Kier alpha value is -3.41. The van der Waals surface area contributed by atoms with E-state index < -0.39 is 17.9 Å². The Morgan fingerprint density at radius 3 is 2.54 bits per heavy atom. The Bertz CT molecular complexity index is 844. The molecule has 3 rings (SSSR count). The summed E-state index contributed by atoms with van der Waals surface area (Å²) in [6, 6.07) is 18.1. The van der Waals surface area contributed by atoms with E-state index in [0.29, 0.717) is 5.69 Å². The molecule has 0 aliphatic heterocycles. The number of urea groups is 1. The molecule has 1 atom stereocenters. The minimum atomic E-state index is -0.451. The van der Waals surface area contributed by atoms with Gasteiger partial charge in [0.25, 0.3) is 0 Å². The average molecular weight is 351 g/mol. The molecule has 0 bridgehead atoms. The summed E-state index contributed by atoms with van der Waals surface area (Å²) < 4.78 is 19.3. The van der Waals surface area contributed by atoms with Crippen LogP contribution in [-0.4, -0.2) is 17.6 Å². The molecule has 0 fully saturated rings. The molecule has 132 valence electrons. The molecule has 26 heavy (non-hydrogen) atoms. The predicted molar refractivity (Wildman–Crippen MR) is 97.5 cm³/mol. The summed E-state index contributed by atoms with van der Waals surface area (Å²) in [5, 5.41) is 5.56. The summed E-state index contributed by atoms with van der Waals surface area (Å²) in [5.41, 5.74) is 1.43. The predicted octanol–water partition coefficient (Wildman–Crippen LogP) is 4.16. The number of para-hydroxylation sites is 1. The van der Waals surface area contributed by atoms with Crippen molar-refractivity contribution < 1.29 is 13.9 Å². The Balaban J connectivity index is 1.69. The third-order valence-corrected chi connectivity index (χ3v) is 3.67. The topological polar surface area (TPSA) is 63.2 Å². The molecule has 2 amide bonds. The smallest absolute Gasteiger partial charge is 0.319 e. The molecule has 5 nitrogen and oxygen atoms in total. The van der Waals surface area contributed by atoms with Crippen molar-refractivity contribution in [3.8, 4) is 5.75 Å². The van der Waals surface area contributed by atoms with Crippen LogP contribution in [0.5, 0.6) is 5.75 Å². The summed E-state index contributed by atoms with van der Waals surface area (Å²) in [6.45, 7) is 0.0887. The zero-order valence-electron chi connectivity index (χ0n) is 13.9. The first-order chi connectivity index (χ1) is 12.7. The highest BCUT2D eigenvalue weighted by atomic mass is 19.1. The van der Waals surface area contributed by atoms with Gasteiger partial charge in [-0.1, -0.05) is 42.5 Å². The lowest BCUT2D eigenvalue weighted by Crippen LogP contribution is -2.35. The van der Waals surface area contributed by atoms with Gasteiger partial charge in [0, 0.05) is 6.20 Å². The molecule has 0 saturated carbocycles. The SMILES string of the molecule is O=C(Nc1cccnc1)NC(COc1ccccc1F)c1ccccc1. The van der Waals surface area contributed by atoms with E-state index in [1.54, 1.807) is 42.7 Å². The highest BCUT2D eigenvalue weighted by Gasteiger charge is 2.16. The number of rotatable bonds is 6. The summed E-state index contributed by atoms with van der Waals surface area (Å²) in [7, 11) is 0. The monoisotopic (exact) mass is 351 g/mol. The van der Waals surface area contributed by atoms with Gasteiger partial charge in [0.15, 0.2) is 11.6 Å². The largest absolute Gasteiger partial charge is 0.488 e. The van der Waals surface area contributed by atoms with Gasteiger partial charge in [-0.05, 0) is 29.8 Å². The number of halogens is 1. The standard InChI is InChI=1S/C20H18FN3O2/c21-17-10-4-5-11-19(17)26-14-18(15-7-2-1-3-8-15)24-20(25)23-16-9-6-12-22-13-16/h1-13,18H,14H2,(H2,23,24,25). The quantitative estimate of drug-likeness (QED) is 0.701. The van der Waals surface area contributed by atoms with E-state index >= 15 is 0 Å². The second-order valence-corrected chi connectivity index (χ2v) is 5.54. The first kappa shape index (κ1) is 17.4. The lowest BCUT2D eigenvalue weighted by molar-refractivity contribution is 0.231. The molecule has 0 spiro atoms. The van der Waals surface area contributed by atoms with Gasteiger partial charge >= 0.3 is 6.03 Å². The van der Waals surface area contributed by atoms with Gasteiger partial charge in [0.2, 0.25) is 0 Å². The van der Waals surface area contributed by atoms with Crippen LogP contribution in [0.3, 0.4) is 0 Å². The molecule has 0 aliphatic carbocycles. The molecule has 6 heteroatoms. The van der Waals surface area contributed by atoms with E-state index in [4.69, 9.17) is 4.74 Å². The summed E-state index contributed by atoms with van der Waals surface area (Å²) in [4.78, 5) is 16.2. The maximum Gasteiger partial charge on any atom is 0.319 e. The van der Waals surface area contributed by atoms with Gasteiger partial charge in [-0.15, -0.1) is 0 Å². The number of carbonyl (C=O) groups is 1. The normalized spacial score (nSPS) is 11.4. The van der Waals surface area contributed by atoms with Gasteiger partial charge in [-0.3, -0.25) is 4.98 Å². The van der Waals surface area contributed by atoms with Crippen LogP contribution in [0.4, 0.5) is 14.9 Å². The lowest BCUT2D eigenvalue weighted by atomic mass is 10.1. The Morgan fingerprint density at radius 2 is 1.81 bits per heavy atom. The minimum absolute atomic E-state index is 0.0887. The molecule has 0 aliphatic rings. The van der Waals surface area contributed by atoms with Crippen molar-refractivity contribution in [1.82, 2.24) is 10.3 Å². The zero-order valence-corrected chi connectivity index (χ0v) is 13.9. The number of anilines is 1. The first-order valence-corrected chi connectivity index (χ1v) is 8.12. The fourth-order valence-electron chi connectivity index (χ4n) is 2.40. The fraction of sp³-hybridized carbons (Fsp3) is 0.100. The Labute approximate surface area is 150 Å². The third-order valence-electron chi connectivity index (χ3n) is 3.67. The van der Waals surface area contributed by atoms with Gasteiger partial charge in [0.1, 0.15) is 6.61 Å². The van der Waals surface area contributed by atoms with Crippen LogP contribution in [0.25, 0.3) is 0 Å². The van der Waals surface area contributed by atoms with Crippen LogP contribution in [0, 0.1) is 5.82 Å². The Kier molecular flexibility index (Phi) is 5.77. The molecule has 0 saturated heterocycles. The molecular formula is C20H18FN3O2. The highest BCUT2D eigenvalue weighted by Crippen LogP contribution is 2.19. The number of benzene rings is 2. The van der Waals surface area contributed by atoms with Crippen LogP contribution in [0.1, 0.15) is 11.6 Å². The number of amides is 2. The second-order valence-electron chi connectivity index (χ2n) is 5.54. The van der Waals surface area contributed by atoms with E-state index in [1.807, 2.05) is 30.3 Å². The van der Waals surface area contributed by atoms with Crippen molar-refractivity contribution in [2.75, 3.05) is 11.9 Å². The summed E-state index contributed by atoms with van der Waals surface area (Å²) >= 11 is 0. The van der Waals surface area contributed by atoms with Crippen molar-refractivity contribution in [1.29, 1.82) is 0 Å². The lowest BCUT2D eigenvalue weighted by Gasteiger charge is -2.20. The molecule has 2 aromatic carbocycles. The maximum atomic E-state index is 13.8. The van der Waals surface area contributed by atoms with E-state index in [9.17, 15) is 9.18 Å². The zero-order chi connectivity index (χ0) is 18.2. The molecule has 1 heterocycles. The van der Waals surface area contributed by atoms with Crippen molar-refractivity contribution in [3.05, 3.63) is 90.5 Å². The number of hydrogen-bond donors (Lipinski definition) is 2. The molecule has 3 aromatic rings. The number of ether oxygens (including phenoxy) is 1. The molecule has 1 unspecified atom stereocenters. The van der Waals surface area contributed by atoms with Crippen molar-refractivity contribution in [2.24, 2.45) is 0 Å². The van der Waals surface area contributed by atoms with Crippen LogP contribution in [-0.2, 0) is 0 Å². The van der Waals surface area contributed by atoms with Crippen molar-refractivity contribution >= 4 is 11.7 Å². The van der Waals surface area contributed by atoms with Crippen molar-refractivity contribution in [2.45, 2.75) is 6.04 Å². The number of nitrogens with zero attached hydrogens (tertiary/aromatic N) is 1. The van der Waals surface area contributed by atoms with Crippen LogP contribution < -0.4 is 15.4 Å². The highest BCUT2D eigenvalue weighted by molar-refractivity contribution is 5.89. The van der Waals surface area contributed by atoms with Crippen LogP contribution >= 0.6 is 0 Å². The molecule has 1 aromatic heterocycles. The van der Waals surface area contributed by atoms with Gasteiger partial charge in [-0.2, -0.15) is 0 Å². The van der Waals surface area contributed by atoms with Crippen molar-refractivity contribution in [3.63, 3.8) is 0 Å². The van der Waals surface area contributed by atoms with Crippen LogP contribution in [0.15, 0.2) is 79.1 Å². The number of carbonyl (C=O) groups excluding carboxylic acids is 1. The maximum absolute atomic E-state index is 13.8. The summed E-state index contributed by atoms with van der Waals surface area (Å²) in [5.74, 6) is -0.304. The molecule has 2 N–H and O–H groups in total. The van der Waals surface area contributed by atoms with Gasteiger partial charge < -0.3 is 15.4 Å². The second kappa shape index (κ2) is 8.62. The number of pyridine rings is 1. The number of hydrogen-bond acceptors (Lipinski definition) is 3. The van der Waals surface area contributed by atoms with Gasteiger partial charge in [0.05, 0.1) is 17.9 Å². The summed E-state index contributed by atoms with van der Waals surface area (Å²) in [6.07, 6.45) is 3.17. The van der Waals surface area contributed by atoms with Crippen LogP contribution in [0.2, 0.25) is 0 Å². The van der Waals surface area contributed by atoms with Gasteiger partial charge in [-0.25, -0.2) is 9.18 Å². The average Bonchev–Trinajstić information content (AvgIpc) is 2.68. The Morgan fingerprint density at radius 1 is 1.04 bits per heavy atom. The van der Waals surface area contributed by atoms with E-state index in [2.05, 4.69) is 15.6 Å². The molecular weight excluding hydrogens is 333 g/mol. The van der Waals surface area contributed by atoms with E-state index in [-0.39, 0.29) is 12.4 Å². The first-order valence-electron chi connectivity index (χ1n) is 8.12. The number of nitrogens with one attached hydrogen (secondary N) is 2. The minimum Gasteiger partial charge on any atom is -0.488 e. The van der Waals surface area contributed by atoms with E-state index in [0.717, 1.165) is 5.56 Å². The number of aromatic nitrogens is 1. The van der Waals surface area contributed by atoms with E-state index in [1.165, 1.54) is 6.07 Å².